The summed E-state index contributed by atoms with van der Waals surface area (Å²) in [4.78, 5) is 32.2. The van der Waals surface area contributed by atoms with Crippen molar-refractivity contribution >= 4 is 35.0 Å². The molecule has 260 valence electrons. The molecular weight excluding hydrogens is 673 g/mol. The van der Waals surface area contributed by atoms with Crippen molar-refractivity contribution in [1.82, 2.24) is 25.4 Å². The minimum atomic E-state index is -0.0739. The van der Waals surface area contributed by atoms with Crippen LogP contribution in [0.4, 0.5) is 0 Å². The van der Waals surface area contributed by atoms with Crippen molar-refractivity contribution in [2.75, 3.05) is 39.8 Å². The van der Waals surface area contributed by atoms with E-state index in [0.29, 0.717) is 41.1 Å². The van der Waals surface area contributed by atoms with Crippen LogP contribution in [0.15, 0.2) is 66.7 Å². The van der Waals surface area contributed by atoms with Crippen molar-refractivity contribution in [3.8, 4) is 39.4 Å². The molecule has 0 saturated carbocycles. The minimum absolute atomic E-state index is 0.0739. The Morgan fingerprint density at radius 3 is 2.30 bits per heavy atom. The number of benzene rings is 3. The first-order chi connectivity index (χ1) is 24.2. The van der Waals surface area contributed by atoms with Gasteiger partial charge in [-0.3, -0.25) is 14.5 Å². The van der Waals surface area contributed by atoms with E-state index in [-0.39, 0.29) is 29.9 Å². The van der Waals surface area contributed by atoms with E-state index in [1.54, 1.807) is 14.0 Å². The molecule has 9 nitrogen and oxygen atoms in total. The zero-order valence-electron chi connectivity index (χ0n) is 28.3. The molecule has 11 heteroatoms. The molecule has 3 N–H and O–H groups in total. The van der Waals surface area contributed by atoms with Gasteiger partial charge >= 0.3 is 0 Å². The fraction of sp³-hybridized carbons (Fsp3) is 0.359. The standard InChI is InChI=1S/C39H41Cl2N5O4/c1-24(48)46-22-39(23-46)20-45(21-39)18-27-10-9-25(15-28(27)19-47)30-5-3-6-31(36(30)40)32-7-4-8-33(37(32)41)34-13-11-26(38(44-34)50-2)16-42-17-29-12-14-35(49)43-29/h3-11,13,15,29,42,47H,12,14,16-23H2,1-2H3,(H,43,49)/t29-/m0/s1. The molecule has 3 saturated heterocycles. The molecule has 3 fully saturated rings. The lowest BCUT2D eigenvalue weighted by atomic mass is 9.72. The Kier molecular flexibility index (Phi) is 9.87. The summed E-state index contributed by atoms with van der Waals surface area (Å²) in [6.07, 6.45) is 1.41. The van der Waals surface area contributed by atoms with E-state index < -0.39 is 0 Å². The van der Waals surface area contributed by atoms with Gasteiger partial charge in [0.1, 0.15) is 0 Å². The maximum absolute atomic E-state index is 11.6. The predicted octanol–water partition coefficient (Wildman–Crippen LogP) is 5.92. The van der Waals surface area contributed by atoms with Gasteiger partial charge in [0.05, 0.1) is 29.5 Å². The molecule has 0 aliphatic carbocycles. The van der Waals surface area contributed by atoms with Crippen LogP contribution in [0.3, 0.4) is 0 Å². The Hall–Kier alpha value is -3.99. The zero-order valence-corrected chi connectivity index (χ0v) is 29.8. The van der Waals surface area contributed by atoms with E-state index in [0.717, 1.165) is 83.7 Å². The molecule has 1 aromatic heterocycles. The molecule has 0 unspecified atom stereocenters. The third-order valence-corrected chi connectivity index (χ3v) is 11.0. The summed E-state index contributed by atoms with van der Waals surface area (Å²) < 4.78 is 5.65. The number of nitrogens with zero attached hydrogens (tertiary/aromatic N) is 3. The number of ether oxygens (including phenoxy) is 1. The van der Waals surface area contributed by atoms with E-state index in [9.17, 15) is 14.7 Å². The van der Waals surface area contributed by atoms with Gasteiger partial charge in [-0.05, 0) is 35.2 Å². The normalized spacial score (nSPS) is 18.1. The quantitative estimate of drug-likeness (QED) is 0.177. The largest absolute Gasteiger partial charge is 0.481 e. The number of amides is 2. The monoisotopic (exact) mass is 713 g/mol. The summed E-state index contributed by atoms with van der Waals surface area (Å²) in [6, 6.07) is 22.0. The summed E-state index contributed by atoms with van der Waals surface area (Å²) in [7, 11) is 1.60. The lowest BCUT2D eigenvalue weighted by Gasteiger charge is -2.60. The summed E-state index contributed by atoms with van der Waals surface area (Å²) >= 11 is 14.2. The summed E-state index contributed by atoms with van der Waals surface area (Å²) in [5.41, 5.74) is 7.88. The van der Waals surface area contributed by atoms with Crippen LogP contribution < -0.4 is 15.4 Å². The fourth-order valence-electron chi connectivity index (χ4n) is 7.58. The molecule has 3 aromatic carbocycles. The van der Waals surface area contributed by atoms with Crippen LogP contribution in [0.5, 0.6) is 5.88 Å². The molecule has 0 radical (unpaired) electrons. The van der Waals surface area contributed by atoms with Crippen LogP contribution in [-0.4, -0.2) is 77.6 Å². The number of aliphatic hydroxyl groups excluding tert-OH is 1. The second kappa shape index (κ2) is 14.3. The third kappa shape index (κ3) is 6.85. The highest BCUT2D eigenvalue weighted by molar-refractivity contribution is 6.39. The molecule has 50 heavy (non-hydrogen) atoms. The zero-order chi connectivity index (χ0) is 35.0. The third-order valence-electron chi connectivity index (χ3n) is 10.2. The maximum Gasteiger partial charge on any atom is 0.220 e. The van der Waals surface area contributed by atoms with Gasteiger partial charge in [-0.25, -0.2) is 4.98 Å². The molecule has 4 aromatic rings. The van der Waals surface area contributed by atoms with E-state index in [1.807, 2.05) is 59.5 Å². The summed E-state index contributed by atoms with van der Waals surface area (Å²) in [5, 5.41) is 17.8. The molecule has 3 aliphatic heterocycles. The number of nitrogens with one attached hydrogen (secondary N) is 2. The maximum atomic E-state index is 11.6. The lowest BCUT2D eigenvalue weighted by molar-refractivity contribution is -0.157. The van der Waals surface area contributed by atoms with Gasteiger partial charge in [-0.2, -0.15) is 0 Å². The van der Waals surface area contributed by atoms with E-state index in [1.165, 1.54) is 0 Å². The van der Waals surface area contributed by atoms with Gasteiger partial charge in [0, 0.05) is 98.4 Å². The van der Waals surface area contributed by atoms with Crippen LogP contribution in [0, 0.1) is 5.41 Å². The van der Waals surface area contributed by atoms with Gasteiger partial charge in [0.2, 0.25) is 17.7 Å². The Balaban J connectivity index is 1.08. The van der Waals surface area contributed by atoms with Crippen molar-refractivity contribution in [1.29, 1.82) is 0 Å². The average Bonchev–Trinajstić information content (AvgIpc) is 3.50. The van der Waals surface area contributed by atoms with Crippen LogP contribution in [0.2, 0.25) is 10.0 Å². The van der Waals surface area contributed by atoms with Gasteiger partial charge in [-0.15, -0.1) is 0 Å². The Bertz CT molecular complexity index is 1940. The van der Waals surface area contributed by atoms with Gasteiger partial charge in [0.25, 0.3) is 0 Å². The Morgan fingerprint density at radius 2 is 1.64 bits per heavy atom. The highest BCUT2D eigenvalue weighted by atomic mass is 35.5. The van der Waals surface area contributed by atoms with Crippen molar-refractivity contribution in [2.45, 2.75) is 45.5 Å². The number of carbonyl (C=O) groups is 2. The molecule has 0 bridgehead atoms. The van der Waals surface area contributed by atoms with Crippen molar-refractivity contribution < 1.29 is 19.4 Å². The lowest BCUT2D eigenvalue weighted by Crippen LogP contribution is -2.72. The molecule has 3 aliphatic rings. The van der Waals surface area contributed by atoms with Crippen LogP contribution in [0.25, 0.3) is 33.5 Å². The van der Waals surface area contributed by atoms with Crippen molar-refractivity contribution in [2.24, 2.45) is 5.41 Å². The molecular formula is C39H41Cl2N5O4. The number of rotatable bonds is 11. The number of carbonyl (C=O) groups excluding carboxylic acids is 2. The fourth-order valence-corrected chi connectivity index (χ4v) is 8.24. The van der Waals surface area contributed by atoms with Crippen LogP contribution in [-0.2, 0) is 29.3 Å². The van der Waals surface area contributed by atoms with Crippen LogP contribution >= 0.6 is 23.2 Å². The summed E-state index contributed by atoms with van der Waals surface area (Å²) in [5.74, 6) is 0.750. The Morgan fingerprint density at radius 1 is 0.960 bits per heavy atom. The number of halogens is 2. The second-order valence-electron chi connectivity index (χ2n) is 13.8. The predicted molar refractivity (Wildman–Crippen MR) is 196 cm³/mol. The number of pyridine rings is 1. The molecule has 4 heterocycles. The highest BCUT2D eigenvalue weighted by Crippen LogP contribution is 2.43. The van der Waals surface area contributed by atoms with Gasteiger partial charge < -0.3 is 25.4 Å². The number of hydrogen-bond acceptors (Lipinski definition) is 7. The highest BCUT2D eigenvalue weighted by Gasteiger charge is 2.52. The molecule has 1 atom stereocenters. The molecule has 7 rings (SSSR count). The topological polar surface area (TPSA) is 107 Å². The SMILES string of the molecule is COc1nc(-c2cccc(-c3cccc(-c4ccc(CN5CC6(C5)CN(C(C)=O)C6)c(CO)c4)c3Cl)c2Cl)ccc1CNC[C@@H]1CCC(=O)N1. The average molecular weight is 715 g/mol. The second-order valence-corrected chi connectivity index (χ2v) is 14.6. The minimum Gasteiger partial charge on any atom is -0.481 e. The van der Waals surface area contributed by atoms with Crippen LogP contribution in [0.1, 0.15) is 36.5 Å². The molecule has 1 spiro atoms. The first-order valence-corrected chi connectivity index (χ1v) is 17.8. The number of hydrogen-bond donors (Lipinski definition) is 3. The number of likely N-dealkylation sites (tertiary alicyclic amines) is 2. The van der Waals surface area contributed by atoms with Gasteiger partial charge in [0.15, 0.2) is 0 Å². The first-order valence-electron chi connectivity index (χ1n) is 17.0. The number of methoxy groups -OCH3 is 1. The molecule has 2 amide bonds. The first kappa shape index (κ1) is 34.5. The Labute approximate surface area is 302 Å². The van der Waals surface area contributed by atoms with E-state index in [4.69, 9.17) is 32.9 Å². The van der Waals surface area contributed by atoms with Crippen molar-refractivity contribution in [3.05, 3.63) is 93.5 Å². The van der Waals surface area contributed by atoms with E-state index in [2.05, 4.69) is 27.7 Å². The summed E-state index contributed by atoms with van der Waals surface area (Å²) in [6.45, 7) is 7.14. The van der Waals surface area contributed by atoms with Gasteiger partial charge in [-0.1, -0.05) is 77.8 Å². The van der Waals surface area contributed by atoms with Crippen molar-refractivity contribution in [3.63, 3.8) is 0 Å². The number of aromatic nitrogens is 1. The van der Waals surface area contributed by atoms with E-state index >= 15 is 0 Å². The smallest absolute Gasteiger partial charge is 0.220 e. The number of aliphatic hydroxyl groups is 1.